The summed E-state index contributed by atoms with van der Waals surface area (Å²) in [4.78, 5) is 4.53. The maximum absolute atomic E-state index is 5.98. The van der Waals surface area contributed by atoms with Crippen molar-refractivity contribution in [2.45, 2.75) is 52.4 Å². The van der Waals surface area contributed by atoms with E-state index < -0.39 is 0 Å². The van der Waals surface area contributed by atoms with Crippen LogP contribution in [0.2, 0.25) is 0 Å². The number of likely N-dealkylation sites (N-methyl/N-ethyl adjacent to an activating group) is 1. The van der Waals surface area contributed by atoms with Gasteiger partial charge in [0.25, 0.3) is 0 Å². The van der Waals surface area contributed by atoms with E-state index in [1.807, 2.05) is 19.3 Å². The van der Waals surface area contributed by atoms with Crippen molar-refractivity contribution in [1.29, 1.82) is 0 Å². The van der Waals surface area contributed by atoms with Gasteiger partial charge < -0.3 is 10.1 Å². The first-order valence-corrected chi connectivity index (χ1v) is 7.27. The zero-order chi connectivity index (χ0) is 14.0. The van der Waals surface area contributed by atoms with Crippen LogP contribution in [-0.2, 0) is 11.2 Å². The molecule has 1 saturated heterocycles. The van der Waals surface area contributed by atoms with Crippen LogP contribution in [0.1, 0.15) is 32.0 Å². The minimum absolute atomic E-state index is 0.312. The predicted octanol–water partition coefficient (Wildman–Crippen LogP) is 2.58. The molecule has 2 rings (SSSR count). The molecule has 1 aliphatic rings. The molecule has 19 heavy (non-hydrogen) atoms. The van der Waals surface area contributed by atoms with Gasteiger partial charge in [-0.15, -0.1) is 0 Å². The minimum atomic E-state index is 0.312. The van der Waals surface area contributed by atoms with Gasteiger partial charge in [0.15, 0.2) is 0 Å². The normalized spacial score (nSPS) is 32.5. The highest BCUT2D eigenvalue weighted by molar-refractivity contribution is 5.19. The molecule has 1 aliphatic heterocycles. The summed E-state index contributed by atoms with van der Waals surface area (Å²) in [5.74, 6) is 1.12. The molecule has 1 aromatic rings. The summed E-state index contributed by atoms with van der Waals surface area (Å²) in [6.45, 7) is 8.81. The molecule has 0 aromatic carbocycles. The van der Waals surface area contributed by atoms with Crippen LogP contribution in [-0.4, -0.2) is 30.3 Å². The fourth-order valence-electron chi connectivity index (χ4n) is 3.36. The standard InChI is InChI=1S/C16H26N2O/c1-10-7-6-8-18-14(10)9-15(17-5)16-11(2)12(3)19-13(16)4/h6-8,11-13,15-17H,9H2,1-5H3. The molecule has 0 radical (unpaired) electrons. The topological polar surface area (TPSA) is 34.2 Å². The zero-order valence-corrected chi connectivity index (χ0v) is 12.7. The van der Waals surface area contributed by atoms with Crippen LogP contribution in [0.5, 0.6) is 0 Å². The Balaban J connectivity index is 2.15. The fraction of sp³-hybridized carbons (Fsp3) is 0.688. The van der Waals surface area contributed by atoms with E-state index in [1.165, 1.54) is 11.3 Å². The maximum Gasteiger partial charge on any atom is 0.0597 e. The molecule has 106 valence electrons. The number of nitrogens with one attached hydrogen (secondary N) is 1. The van der Waals surface area contributed by atoms with Gasteiger partial charge in [0.2, 0.25) is 0 Å². The lowest BCUT2D eigenvalue weighted by atomic mass is 9.81. The number of aryl methyl sites for hydroxylation is 1. The van der Waals surface area contributed by atoms with Crippen molar-refractivity contribution in [3.8, 4) is 0 Å². The molecular weight excluding hydrogens is 236 g/mol. The summed E-state index contributed by atoms with van der Waals surface area (Å²) >= 11 is 0. The molecule has 0 saturated carbocycles. The Bertz CT molecular complexity index is 421. The van der Waals surface area contributed by atoms with Gasteiger partial charge in [-0.2, -0.15) is 0 Å². The van der Waals surface area contributed by atoms with Crippen LogP contribution in [0.3, 0.4) is 0 Å². The van der Waals surface area contributed by atoms with E-state index in [0.29, 0.717) is 30.1 Å². The third-order valence-corrected chi connectivity index (χ3v) is 4.69. The van der Waals surface area contributed by atoms with Gasteiger partial charge in [0, 0.05) is 30.3 Å². The zero-order valence-electron chi connectivity index (χ0n) is 12.7. The van der Waals surface area contributed by atoms with Gasteiger partial charge in [-0.25, -0.2) is 0 Å². The van der Waals surface area contributed by atoms with E-state index in [2.05, 4.69) is 44.1 Å². The van der Waals surface area contributed by atoms with Crippen molar-refractivity contribution in [3.63, 3.8) is 0 Å². The highest BCUT2D eigenvalue weighted by Crippen LogP contribution is 2.35. The second-order valence-corrected chi connectivity index (χ2v) is 5.85. The highest BCUT2D eigenvalue weighted by Gasteiger charge is 2.41. The van der Waals surface area contributed by atoms with E-state index in [4.69, 9.17) is 4.74 Å². The van der Waals surface area contributed by atoms with E-state index in [1.54, 1.807) is 0 Å². The smallest absolute Gasteiger partial charge is 0.0597 e. The second-order valence-electron chi connectivity index (χ2n) is 5.85. The van der Waals surface area contributed by atoms with Gasteiger partial charge in [-0.3, -0.25) is 4.98 Å². The van der Waals surface area contributed by atoms with Gasteiger partial charge >= 0.3 is 0 Å². The summed E-state index contributed by atoms with van der Waals surface area (Å²) in [6, 6.07) is 4.55. The van der Waals surface area contributed by atoms with Crippen molar-refractivity contribution < 1.29 is 4.74 Å². The number of ether oxygens (including phenoxy) is 1. The lowest BCUT2D eigenvalue weighted by Crippen LogP contribution is -2.41. The van der Waals surface area contributed by atoms with Crippen LogP contribution >= 0.6 is 0 Å². The Labute approximate surface area is 116 Å². The summed E-state index contributed by atoms with van der Waals surface area (Å²) in [6.07, 6.45) is 3.51. The fourth-order valence-corrected chi connectivity index (χ4v) is 3.36. The Morgan fingerprint density at radius 3 is 2.58 bits per heavy atom. The molecule has 0 aliphatic carbocycles. The molecule has 3 heteroatoms. The lowest BCUT2D eigenvalue weighted by molar-refractivity contribution is 0.0478. The summed E-state index contributed by atoms with van der Waals surface area (Å²) in [5, 5.41) is 3.48. The average Bonchev–Trinajstić information content (AvgIpc) is 2.63. The van der Waals surface area contributed by atoms with Gasteiger partial charge in [0.05, 0.1) is 12.2 Å². The molecule has 0 amide bonds. The first kappa shape index (κ1) is 14.5. The number of nitrogens with zero attached hydrogens (tertiary/aromatic N) is 1. The Morgan fingerprint density at radius 2 is 2.05 bits per heavy atom. The van der Waals surface area contributed by atoms with Crippen molar-refractivity contribution in [2.24, 2.45) is 11.8 Å². The van der Waals surface area contributed by atoms with E-state index in [0.717, 1.165) is 6.42 Å². The van der Waals surface area contributed by atoms with Crippen LogP contribution in [0, 0.1) is 18.8 Å². The van der Waals surface area contributed by atoms with Gasteiger partial charge in [-0.1, -0.05) is 13.0 Å². The molecule has 5 atom stereocenters. The quantitative estimate of drug-likeness (QED) is 0.905. The first-order valence-electron chi connectivity index (χ1n) is 7.27. The maximum atomic E-state index is 5.98. The summed E-state index contributed by atoms with van der Waals surface area (Å²) in [5.41, 5.74) is 2.47. The molecule has 5 unspecified atom stereocenters. The average molecular weight is 262 g/mol. The largest absolute Gasteiger partial charge is 0.375 e. The monoisotopic (exact) mass is 262 g/mol. The van der Waals surface area contributed by atoms with E-state index >= 15 is 0 Å². The van der Waals surface area contributed by atoms with E-state index in [-0.39, 0.29) is 0 Å². The lowest BCUT2D eigenvalue weighted by Gasteiger charge is -2.29. The molecule has 1 N–H and O–H groups in total. The van der Waals surface area contributed by atoms with E-state index in [9.17, 15) is 0 Å². The number of rotatable bonds is 4. The van der Waals surface area contributed by atoms with Crippen molar-refractivity contribution in [1.82, 2.24) is 10.3 Å². The van der Waals surface area contributed by atoms with Gasteiger partial charge in [0.1, 0.15) is 0 Å². The minimum Gasteiger partial charge on any atom is -0.375 e. The summed E-state index contributed by atoms with van der Waals surface area (Å²) < 4.78 is 5.98. The van der Waals surface area contributed by atoms with Crippen molar-refractivity contribution in [2.75, 3.05) is 7.05 Å². The number of hydrogen-bond acceptors (Lipinski definition) is 3. The third kappa shape index (κ3) is 2.98. The van der Waals surface area contributed by atoms with Crippen LogP contribution in [0.15, 0.2) is 18.3 Å². The Kier molecular flexibility index (Phi) is 4.58. The predicted molar refractivity (Wildman–Crippen MR) is 78.2 cm³/mol. The molecule has 1 aromatic heterocycles. The number of pyridine rings is 1. The Morgan fingerprint density at radius 1 is 1.32 bits per heavy atom. The Hall–Kier alpha value is -0.930. The van der Waals surface area contributed by atoms with Crippen molar-refractivity contribution >= 4 is 0 Å². The molecular formula is C16H26N2O. The number of aromatic nitrogens is 1. The molecule has 0 spiro atoms. The number of hydrogen-bond donors (Lipinski definition) is 1. The van der Waals surface area contributed by atoms with Crippen LogP contribution < -0.4 is 5.32 Å². The van der Waals surface area contributed by atoms with Crippen molar-refractivity contribution in [3.05, 3.63) is 29.6 Å². The molecule has 3 nitrogen and oxygen atoms in total. The molecule has 1 fully saturated rings. The van der Waals surface area contributed by atoms with Gasteiger partial charge in [-0.05, 0) is 45.4 Å². The highest BCUT2D eigenvalue weighted by atomic mass is 16.5. The third-order valence-electron chi connectivity index (χ3n) is 4.69. The SMILES string of the molecule is CNC(Cc1ncccc1C)C1C(C)OC(C)C1C. The van der Waals surface area contributed by atoms with Crippen LogP contribution in [0.25, 0.3) is 0 Å². The molecule has 2 heterocycles. The second kappa shape index (κ2) is 6.02. The summed E-state index contributed by atoms with van der Waals surface area (Å²) in [7, 11) is 2.05. The first-order chi connectivity index (χ1) is 9.04. The molecule has 0 bridgehead atoms. The van der Waals surface area contributed by atoms with Crippen LogP contribution in [0.4, 0.5) is 0 Å².